The van der Waals surface area contributed by atoms with E-state index in [2.05, 4.69) is 409 Å². The molecule has 1 aliphatic carbocycles. The van der Waals surface area contributed by atoms with E-state index in [4.69, 9.17) is 0 Å². The summed E-state index contributed by atoms with van der Waals surface area (Å²) in [6.45, 7) is 39.5. The van der Waals surface area contributed by atoms with Gasteiger partial charge in [-0.15, -0.1) is 34.0 Å². The van der Waals surface area contributed by atoms with Crippen molar-refractivity contribution >= 4 is 208 Å². The lowest BCUT2D eigenvalue weighted by Gasteiger charge is -2.42. The maximum Gasteiger partial charge on any atom is 0.0543 e. The summed E-state index contributed by atoms with van der Waals surface area (Å²) in [5.74, 6) is 1.80. The lowest BCUT2D eigenvalue weighted by molar-refractivity contribution is 0.612. The van der Waals surface area contributed by atoms with E-state index in [9.17, 15) is 0 Å². The Morgan fingerprint density at radius 3 is 1.27 bits per heavy atom. The summed E-state index contributed by atoms with van der Waals surface area (Å²) in [6.07, 6.45) is 1.05. The molecule has 22 rings (SSSR count). The summed E-state index contributed by atoms with van der Waals surface area (Å²) in [7, 11) is 0. The van der Waals surface area contributed by atoms with Crippen molar-refractivity contribution in [2.24, 2.45) is 0 Å². The highest BCUT2D eigenvalue weighted by Crippen LogP contribution is 2.58. The van der Waals surface area contributed by atoms with Crippen LogP contribution in [0.1, 0.15) is 204 Å². The van der Waals surface area contributed by atoms with Gasteiger partial charge < -0.3 is 4.90 Å². The van der Waals surface area contributed by atoms with Crippen LogP contribution in [0.5, 0.6) is 0 Å². The number of nitrogens with zero attached hydrogens (tertiary/aromatic N) is 1. The fourth-order valence-corrected chi connectivity index (χ4v) is 25.2. The van der Waals surface area contributed by atoms with Crippen molar-refractivity contribution in [1.29, 1.82) is 0 Å². The molecular weight excluding hydrogens is 1600 g/mol. The van der Waals surface area contributed by atoms with Crippen molar-refractivity contribution in [1.82, 2.24) is 0 Å². The Bertz CT molecular complexity index is 7320. The third-order valence-corrected chi connectivity index (χ3v) is 31.2. The van der Waals surface area contributed by atoms with Gasteiger partial charge >= 0.3 is 0 Å². The maximum atomic E-state index is 3.81. The van der Waals surface area contributed by atoms with Gasteiger partial charge in [0, 0.05) is 102 Å². The molecule has 0 N–H and O–H groups in total. The smallest absolute Gasteiger partial charge is 0.0543 e. The standard InChI is InChI=1S/C44H39NS.C23H22S.C22H20Br2.C22H18S/c1-24(2)30-20-28-18-19-36(43-31(25(3)4)21-27-17-16-26(5)40(30)41(27)42(28)43)45-35-14-10-9-13-33(35)44(6,7)34-22-32-29-12-8-11-15-38(29)46-39(32)23-37(34)45;1-15-9-5-7-11-19(15)23(3,4)20-14-18-17-10-6-8-12-21(17)24-22(18)13-16(20)2;1-11(2)15-9-13-5-8-18(24)22-16(12(3)4)10-14-6-7-17(23)21(15)19(14)20(13)22;1-22(2)18-9-5-3-7-14(18)11-15-12-21-17(13-19(15)22)16-8-4-6-10-20(16)23-21/h8-25H,1-7H3;5-14H,1-4H3;5-12H,1-4H3;3-10,12-13H,11H2,1-2H3. The minimum Gasteiger partial charge on any atom is -0.309 e. The summed E-state index contributed by atoms with van der Waals surface area (Å²) in [4.78, 5) is 2.60. The molecule has 0 saturated heterocycles. The lowest BCUT2D eigenvalue weighted by Crippen LogP contribution is -2.30. The topological polar surface area (TPSA) is 3.24 Å². The van der Waals surface area contributed by atoms with Crippen molar-refractivity contribution < 1.29 is 0 Å². The van der Waals surface area contributed by atoms with Crippen LogP contribution in [0.2, 0.25) is 0 Å². The van der Waals surface area contributed by atoms with Crippen molar-refractivity contribution in [3.63, 3.8) is 0 Å². The number of anilines is 3. The van der Waals surface area contributed by atoms with Crippen LogP contribution in [0.15, 0.2) is 264 Å². The highest BCUT2D eigenvalue weighted by Gasteiger charge is 2.40. The van der Waals surface area contributed by atoms with Gasteiger partial charge in [-0.3, -0.25) is 0 Å². The van der Waals surface area contributed by atoms with E-state index in [0.717, 1.165) is 6.42 Å². The number of benzene rings is 17. The van der Waals surface area contributed by atoms with Gasteiger partial charge in [0.15, 0.2) is 0 Å². The number of hydrogen-bond acceptors (Lipinski definition) is 4. The van der Waals surface area contributed by atoms with Crippen LogP contribution < -0.4 is 4.90 Å². The number of hydrogen-bond donors (Lipinski definition) is 0. The SMILES string of the molecule is CC(C)c1cc2ccc(Br)c3c(C(C)C)cc4ccc(Br)c1c4c23.CC1(C)c2ccccc2Cc2cc3sc4ccccc4c3cc21.Cc1ccc2cc(C(C)C)c3c(N4c5ccccc5C(C)(C)c5cc6c(cc54)sc4ccccc46)ccc4cc(C(C)C)c1c2c43.Cc1ccccc1C(C)(C)c1cc2c(cc1C)sc1ccccc12. The van der Waals surface area contributed by atoms with Crippen LogP contribution in [0, 0.1) is 20.8 Å². The molecule has 0 amide bonds. The molecular formula is C111H99Br2NS3. The fourth-order valence-electron chi connectivity index (χ4n) is 20.6. The molecule has 0 unspecified atom stereocenters. The van der Waals surface area contributed by atoms with E-state index in [1.165, 1.54) is 235 Å². The van der Waals surface area contributed by atoms with Crippen LogP contribution in [0.25, 0.3) is 125 Å². The van der Waals surface area contributed by atoms with E-state index in [1.54, 1.807) is 0 Å². The van der Waals surface area contributed by atoms with Crippen LogP contribution in [0.4, 0.5) is 17.1 Å². The fraction of sp³-hybridized carbons (Fsp3) is 0.225. The summed E-state index contributed by atoms with van der Waals surface area (Å²) >= 11 is 13.3. The second kappa shape index (κ2) is 29.1. The number of para-hydroxylation sites is 1. The third kappa shape index (κ3) is 12.5. The van der Waals surface area contributed by atoms with Gasteiger partial charge in [-0.2, -0.15) is 0 Å². The molecule has 0 bridgehead atoms. The number of halogens is 2. The second-order valence-electron chi connectivity index (χ2n) is 36.1. The Balaban J connectivity index is 0.000000110. The first kappa shape index (κ1) is 77.2. The predicted octanol–water partition coefficient (Wildman–Crippen LogP) is 35.3. The van der Waals surface area contributed by atoms with E-state index in [0.29, 0.717) is 23.7 Å². The molecule has 17 aromatic carbocycles. The van der Waals surface area contributed by atoms with Gasteiger partial charge in [0.2, 0.25) is 0 Å². The van der Waals surface area contributed by atoms with Crippen LogP contribution in [-0.2, 0) is 22.7 Å². The zero-order valence-electron chi connectivity index (χ0n) is 70.2. The molecule has 20 aromatic rings. The summed E-state index contributed by atoms with van der Waals surface area (Å²) in [5, 5.41) is 24.9. The van der Waals surface area contributed by atoms with Gasteiger partial charge in [-0.25, -0.2) is 0 Å². The van der Waals surface area contributed by atoms with Gasteiger partial charge in [-0.1, -0.05) is 305 Å². The van der Waals surface area contributed by atoms with Gasteiger partial charge in [0.05, 0.1) is 17.1 Å². The molecule has 6 heteroatoms. The molecule has 1 aliphatic heterocycles. The summed E-state index contributed by atoms with van der Waals surface area (Å²) in [6, 6.07) is 96.0. The Kier molecular flexibility index (Phi) is 19.2. The first-order chi connectivity index (χ1) is 56.2. The van der Waals surface area contributed by atoms with Gasteiger partial charge in [0.1, 0.15) is 0 Å². The predicted molar refractivity (Wildman–Crippen MR) is 525 cm³/mol. The normalized spacial score (nSPS) is 13.8. The van der Waals surface area contributed by atoms with Crippen molar-refractivity contribution in [2.75, 3.05) is 4.90 Å². The summed E-state index contributed by atoms with van der Waals surface area (Å²) < 4.78 is 10.6. The van der Waals surface area contributed by atoms with Crippen LogP contribution in [-0.4, -0.2) is 0 Å². The molecule has 1 nitrogen and oxygen atoms in total. The molecule has 580 valence electrons. The molecule has 0 saturated carbocycles. The molecule has 117 heavy (non-hydrogen) atoms. The molecule has 4 heterocycles. The highest BCUT2D eigenvalue weighted by atomic mass is 79.9. The van der Waals surface area contributed by atoms with Gasteiger partial charge in [0.25, 0.3) is 0 Å². The summed E-state index contributed by atoms with van der Waals surface area (Å²) in [5.41, 5.74) is 25.1. The van der Waals surface area contributed by atoms with Crippen molar-refractivity contribution in [2.45, 2.75) is 164 Å². The highest BCUT2D eigenvalue weighted by molar-refractivity contribution is 9.11. The van der Waals surface area contributed by atoms with Gasteiger partial charge in [-0.05, 0) is 262 Å². The van der Waals surface area contributed by atoms with E-state index < -0.39 is 0 Å². The number of thiophene rings is 3. The first-order valence-corrected chi connectivity index (χ1v) is 45.9. The molecule has 0 radical (unpaired) electrons. The first-order valence-electron chi connectivity index (χ1n) is 41.9. The third-order valence-electron chi connectivity index (χ3n) is 26.5. The Labute approximate surface area is 718 Å². The quantitative estimate of drug-likeness (QED) is 0.144. The monoisotopic (exact) mass is 1700 g/mol. The minimum absolute atomic E-state index is 0.00728. The Hall–Kier alpha value is -9.76. The largest absolute Gasteiger partial charge is 0.309 e. The zero-order valence-corrected chi connectivity index (χ0v) is 75.8. The maximum absolute atomic E-state index is 3.81. The average Bonchev–Trinajstić information content (AvgIpc) is 1.46. The average molecular weight is 1700 g/mol. The zero-order chi connectivity index (χ0) is 81.3. The lowest BCUT2D eigenvalue weighted by atomic mass is 9.69. The number of fused-ring (bicyclic) bond motifs is 13. The van der Waals surface area contributed by atoms with E-state index >= 15 is 0 Å². The van der Waals surface area contributed by atoms with Crippen molar-refractivity contribution in [3.8, 4) is 0 Å². The van der Waals surface area contributed by atoms with Crippen LogP contribution in [0.3, 0.4) is 0 Å². The molecule has 0 atom stereocenters. The van der Waals surface area contributed by atoms with Crippen LogP contribution >= 0.6 is 65.9 Å². The minimum atomic E-state index is -0.145. The van der Waals surface area contributed by atoms with Crippen molar-refractivity contribution in [3.05, 3.63) is 347 Å². The molecule has 2 aliphatic rings. The molecule has 0 fully saturated rings. The molecule has 0 spiro atoms. The number of aryl methyl sites for hydroxylation is 3. The Morgan fingerprint density at radius 1 is 0.299 bits per heavy atom. The molecule has 3 aromatic heterocycles. The number of rotatable bonds is 7. The van der Waals surface area contributed by atoms with E-state index in [1.807, 2.05) is 34.0 Å². The second-order valence-corrected chi connectivity index (χ2v) is 41.1. The Morgan fingerprint density at radius 2 is 0.718 bits per heavy atom. The van der Waals surface area contributed by atoms with E-state index in [-0.39, 0.29) is 16.2 Å².